The Morgan fingerprint density at radius 2 is 1.68 bits per heavy atom. The Labute approximate surface area is 146 Å². The van der Waals surface area contributed by atoms with Crippen LogP contribution in [0.15, 0.2) is 48.5 Å². The molecule has 126 valence electrons. The third kappa shape index (κ3) is 2.50. The Morgan fingerprint density at radius 3 is 2.48 bits per heavy atom. The third-order valence-electron chi connectivity index (χ3n) is 4.81. The van der Waals surface area contributed by atoms with E-state index in [2.05, 4.69) is 11.0 Å². The quantitative estimate of drug-likeness (QED) is 0.542. The van der Waals surface area contributed by atoms with Gasteiger partial charge in [0, 0.05) is 17.5 Å². The second kappa shape index (κ2) is 5.97. The summed E-state index contributed by atoms with van der Waals surface area (Å²) in [4.78, 5) is 29.6. The molecule has 0 aliphatic carbocycles. The van der Waals surface area contributed by atoms with Crippen molar-refractivity contribution in [3.63, 3.8) is 0 Å². The van der Waals surface area contributed by atoms with Crippen LogP contribution in [0.5, 0.6) is 0 Å². The summed E-state index contributed by atoms with van der Waals surface area (Å²) in [5.41, 5.74) is 1.29. The molecule has 0 bridgehead atoms. The molecule has 1 aliphatic heterocycles. The molecule has 0 atom stereocenters. The van der Waals surface area contributed by atoms with E-state index in [1.54, 1.807) is 0 Å². The van der Waals surface area contributed by atoms with Crippen molar-refractivity contribution in [2.24, 2.45) is 0 Å². The lowest BCUT2D eigenvalue weighted by Gasteiger charge is -2.28. The summed E-state index contributed by atoms with van der Waals surface area (Å²) in [6, 6.07) is 15.6. The largest absolute Gasteiger partial charge is 0.309 e. The van der Waals surface area contributed by atoms with Crippen LogP contribution < -0.4 is 0 Å². The van der Waals surface area contributed by atoms with Gasteiger partial charge >= 0.3 is 0 Å². The fourth-order valence-corrected chi connectivity index (χ4v) is 3.64. The molecule has 4 nitrogen and oxygen atoms in total. The number of carbonyl (C=O) groups excluding carboxylic acids is 2. The van der Waals surface area contributed by atoms with Crippen LogP contribution in [0, 0.1) is 0 Å². The number of nitrogens with zero attached hydrogens (tertiary/aromatic N) is 2. The summed E-state index contributed by atoms with van der Waals surface area (Å²) in [7, 11) is 3.98. The Bertz CT molecular complexity index is 1010. The summed E-state index contributed by atoms with van der Waals surface area (Å²) >= 11 is 0. The second-order valence-corrected chi connectivity index (χ2v) is 6.80. The van der Waals surface area contributed by atoms with Crippen LogP contribution in [0.25, 0.3) is 21.5 Å². The maximum atomic E-state index is 13.2. The number of imide groups is 1. The fraction of sp³-hybridized carbons (Fsp3) is 0.238. The van der Waals surface area contributed by atoms with Gasteiger partial charge in [0.05, 0.1) is 5.56 Å². The van der Waals surface area contributed by atoms with Gasteiger partial charge in [-0.1, -0.05) is 36.4 Å². The van der Waals surface area contributed by atoms with E-state index in [1.165, 1.54) is 4.90 Å². The Morgan fingerprint density at radius 1 is 0.920 bits per heavy atom. The molecule has 0 N–H and O–H groups in total. The topological polar surface area (TPSA) is 40.6 Å². The van der Waals surface area contributed by atoms with Gasteiger partial charge in [0.25, 0.3) is 11.8 Å². The van der Waals surface area contributed by atoms with Gasteiger partial charge < -0.3 is 4.90 Å². The molecule has 25 heavy (non-hydrogen) atoms. The van der Waals surface area contributed by atoms with E-state index in [0.29, 0.717) is 17.7 Å². The summed E-state index contributed by atoms with van der Waals surface area (Å²) in [5.74, 6) is -0.360. The van der Waals surface area contributed by atoms with Gasteiger partial charge in [-0.05, 0) is 55.4 Å². The van der Waals surface area contributed by atoms with Crippen molar-refractivity contribution in [2.45, 2.75) is 6.42 Å². The molecule has 2 amide bonds. The zero-order valence-corrected chi connectivity index (χ0v) is 14.5. The predicted molar refractivity (Wildman–Crippen MR) is 100.0 cm³/mol. The summed E-state index contributed by atoms with van der Waals surface area (Å²) in [6.45, 7) is 1.28. The van der Waals surface area contributed by atoms with Crippen LogP contribution in [0.2, 0.25) is 0 Å². The van der Waals surface area contributed by atoms with Crippen LogP contribution >= 0.6 is 0 Å². The van der Waals surface area contributed by atoms with Gasteiger partial charge in [-0.2, -0.15) is 0 Å². The van der Waals surface area contributed by atoms with Crippen LogP contribution in [-0.4, -0.2) is 48.8 Å². The molecule has 0 unspecified atom stereocenters. The van der Waals surface area contributed by atoms with Gasteiger partial charge in [0.1, 0.15) is 0 Å². The highest BCUT2D eigenvalue weighted by Crippen LogP contribution is 2.35. The first-order chi connectivity index (χ1) is 12.1. The van der Waals surface area contributed by atoms with Crippen molar-refractivity contribution in [3.8, 4) is 0 Å². The second-order valence-electron chi connectivity index (χ2n) is 6.80. The molecule has 0 spiro atoms. The Kier molecular flexibility index (Phi) is 3.77. The highest BCUT2D eigenvalue weighted by Gasteiger charge is 2.33. The van der Waals surface area contributed by atoms with E-state index in [1.807, 2.05) is 56.6 Å². The van der Waals surface area contributed by atoms with Crippen molar-refractivity contribution in [3.05, 3.63) is 59.7 Å². The van der Waals surface area contributed by atoms with Gasteiger partial charge in [0.15, 0.2) is 0 Å². The molecular weight excluding hydrogens is 312 g/mol. The molecule has 3 aromatic rings. The number of rotatable bonds is 4. The van der Waals surface area contributed by atoms with Crippen LogP contribution in [0.3, 0.4) is 0 Å². The third-order valence-corrected chi connectivity index (χ3v) is 4.81. The van der Waals surface area contributed by atoms with E-state index >= 15 is 0 Å². The maximum absolute atomic E-state index is 13.2. The van der Waals surface area contributed by atoms with Gasteiger partial charge in [0.2, 0.25) is 0 Å². The van der Waals surface area contributed by atoms with Crippen molar-refractivity contribution in [1.82, 2.24) is 9.80 Å². The average Bonchev–Trinajstić information content (AvgIpc) is 2.60. The minimum absolute atomic E-state index is 0.177. The molecule has 1 aliphatic rings. The number of amides is 2. The van der Waals surface area contributed by atoms with Crippen molar-refractivity contribution >= 4 is 33.4 Å². The van der Waals surface area contributed by atoms with Gasteiger partial charge in [-0.15, -0.1) is 0 Å². The lowest BCUT2D eigenvalue weighted by atomic mass is 9.89. The first-order valence-electron chi connectivity index (χ1n) is 8.53. The fourth-order valence-electron chi connectivity index (χ4n) is 3.64. The Hall–Kier alpha value is -2.72. The number of carbonyl (C=O) groups is 2. The molecule has 4 rings (SSSR count). The summed E-state index contributed by atoms with van der Waals surface area (Å²) in [6.07, 6.45) is 0.764. The molecule has 0 radical (unpaired) electrons. The molecule has 0 fully saturated rings. The summed E-state index contributed by atoms with van der Waals surface area (Å²) < 4.78 is 0. The van der Waals surface area contributed by atoms with E-state index in [4.69, 9.17) is 0 Å². The van der Waals surface area contributed by atoms with E-state index in [-0.39, 0.29) is 11.8 Å². The molecular formula is C21H20N2O2. The number of hydrogen-bond donors (Lipinski definition) is 0. The number of hydrogen-bond acceptors (Lipinski definition) is 3. The zero-order chi connectivity index (χ0) is 17.6. The van der Waals surface area contributed by atoms with E-state index in [9.17, 15) is 9.59 Å². The van der Waals surface area contributed by atoms with E-state index in [0.717, 1.165) is 34.5 Å². The first-order valence-corrected chi connectivity index (χ1v) is 8.53. The summed E-state index contributed by atoms with van der Waals surface area (Å²) in [5, 5.41) is 3.68. The van der Waals surface area contributed by atoms with Gasteiger partial charge in [-0.3, -0.25) is 14.5 Å². The van der Waals surface area contributed by atoms with Crippen molar-refractivity contribution in [2.75, 3.05) is 27.2 Å². The normalized spacial score (nSPS) is 14.1. The lowest BCUT2D eigenvalue weighted by molar-refractivity contribution is 0.0607. The van der Waals surface area contributed by atoms with Crippen LogP contribution in [0.4, 0.5) is 0 Å². The molecule has 0 saturated carbocycles. The van der Waals surface area contributed by atoms with E-state index < -0.39 is 0 Å². The predicted octanol–water partition coefficient (Wildman–Crippen LogP) is 3.54. The molecule has 3 aromatic carbocycles. The monoisotopic (exact) mass is 332 g/mol. The maximum Gasteiger partial charge on any atom is 0.262 e. The Balaban J connectivity index is 1.91. The molecule has 0 aromatic heterocycles. The minimum atomic E-state index is -0.183. The van der Waals surface area contributed by atoms with Crippen LogP contribution in [-0.2, 0) is 0 Å². The number of fused-ring (bicyclic) bond motifs is 2. The standard InChI is InChI=1S/C21H20N2O2/c1-22(2)11-6-12-23-20(24)17-10-5-8-15-13-14-7-3-4-9-16(14)19(18(15)17)21(23)25/h3-5,7-10,13H,6,11-12H2,1-2H3. The number of benzene rings is 3. The van der Waals surface area contributed by atoms with Gasteiger partial charge in [-0.25, -0.2) is 0 Å². The highest BCUT2D eigenvalue weighted by atomic mass is 16.2. The minimum Gasteiger partial charge on any atom is -0.309 e. The first kappa shape index (κ1) is 15.8. The molecule has 0 saturated heterocycles. The molecule has 1 heterocycles. The SMILES string of the molecule is CN(C)CCCN1C(=O)c2cccc3cc4ccccc4c(c23)C1=O. The van der Waals surface area contributed by atoms with Crippen molar-refractivity contribution < 1.29 is 9.59 Å². The lowest BCUT2D eigenvalue weighted by Crippen LogP contribution is -2.41. The van der Waals surface area contributed by atoms with Crippen LogP contribution in [0.1, 0.15) is 27.1 Å². The van der Waals surface area contributed by atoms with Crippen molar-refractivity contribution in [1.29, 1.82) is 0 Å². The molecule has 4 heteroatoms. The average molecular weight is 332 g/mol. The highest BCUT2D eigenvalue weighted by molar-refractivity contribution is 6.30. The smallest absolute Gasteiger partial charge is 0.262 e. The zero-order valence-electron chi connectivity index (χ0n) is 14.5.